The Bertz CT molecular complexity index is 487. The van der Waals surface area contributed by atoms with Gasteiger partial charge in [0.15, 0.2) is 0 Å². The quantitative estimate of drug-likeness (QED) is 0.743. The fourth-order valence-corrected chi connectivity index (χ4v) is 3.03. The molecule has 1 fully saturated rings. The molecule has 3 nitrogen and oxygen atoms in total. The Labute approximate surface area is 125 Å². The van der Waals surface area contributed by atoms with Gasteiger partial charge in [0.05, 0.1) is 20.1 Å². The molecule has 0 heterocycles. The molecule has 1 aromatic carbocycles. The molecule has 0 N–H and O–H groups in total. The number of carbonyl (C=O) groups excluding carboxylic acids is 1. The smallest absolute Gasteiger partial charge is 0.308 e. The van der Waals surface area contributed by atoms with Crippen LogP contribution in [-0.2, 0) is 9.53 Å². The van der Waals surface area contributed by atoms with Crippen LogP contribution in [0.5, 0.6) is 5.75 Å². The maximum absolute atomic E-state index is 11.5. The molecule has 0 saturated heterocycles. The number of esters is 1. The number of hydrogen-bond acceptors (Lipinski definition) is 3. The van der Waals surface area contributed by atoms with Crippen LogP contribution in [0.1, 0.15) is 37.7 Å². The van der Waals surface area contributed by atoms with E-state index in [4.69, 9.17) is 21.1 Å². The predicted molar refractivity (Wildman–Crippen MR) is 79.3 cm³/mol. The van der Waals surface area contributed by atoms with Crippen LogP contribution in [0.25, 0.3) is 0 Å². The standard InChI is InChI=1S/C16H21ClO3/c1-4-10(7-11-8-14(11)16(18)20-3)13-9-12(17)5-6-15(13)19-2/h5-6,9-11,14H,4,7-8H2,1-3H3. The minimum absolute atomic E-state index is 0.0806. The van der Waals surface area contributed by atoms with E-state index in [1.807, 2.05) is 18.2 Å². The number of halogens is 1. The highest BCUT2D eigenvalue weighted by Gasteiger charge is 2.44. The van der Waals surface area contributed by atoms with Gasteiger partial charge >= 0.3 is 5.97 Å². The fourth-order valence-electron chi connectivity index (χ4n) is 2.85. The van der Waals surface area contributed by atoms with Gasteiger partial charge in [-0.1, -0.05) is 18.5 Å². The molecular formula is C16H21ClO3. The van der Waals surface area contributed by atoms with E-state index in [0.29, 0.717) is 11.8 Å². The van der Waals surface area contributed by atoms with Crippen LogP contribution in [0.3, 0.4) is 0 Å². The lowest BCUT2D eigenvalue weighted by Crippen LogP contribution is -2.07. The zero-order chi connectivity index (χ0) is 14.7. The minimum Gasteiger partial charge on any atom is -0.496 e. The second-order valence-corrected chi connectivity index (χ2v) is 5.79. The molecule has 0 radical (unpaired) electrons. The Kier molecular flexibility index (Phi) is 4.92. The van der Waals surface area contributed by atoms with Crippen molar-refractivity contribution in [1.82, 2.24) is 0 Å². The molecule has 0 bridgehead atoms. The average Bonchev–Trinajstić information content (AvgIpc) is 3.23. The monoisotopic (exact) mass is 296 g/mol. The van der Waals surface area contributed by atoms with Crippen molar-refractivity contribution in [3.05, 3.63) is 28.8 Å². The SMILES string of the molecule is CCC(CC1CC1C(=O)OC)c1cc(Cl)ccc1OC. The summed E-state index contributed by atoms with van der Waals surface area (Å²) in [6.07, 6.45) is 2.92. The van der Waals surface area contributed by atoms with Gasteiger partial charge < -0.3 is 9.47 Å². The highest BCUT2D eigenvalue weighted by atomic mass is 35.5. The van der Waals surface area contributed by atoms with Crippen molar-refractivity contribution in [3.63, 3.8) is 0 Å². The Hall–Kier alpha value is -1.22. The number of benzene rings is 1. The molecule has 0 aromatic heterocycles. The third-order valence-corrected chi connectivity index (χ3v) is 4.37. The van der Waals surface area contributed by atoms with E-state index in [2.05, 4.69) is 6.92 Å². The van der Waals surface area contributed by atoms with Crippen molar-refractivity contribution in [2.24, 2.45) is 11.8 Å². The number of ether oxygens (including phenoxy) is 2. The lowest BCUT2D eigenvalue weighted by molar-refractivity contribution is -0.142. The molecule has 20 heavy (non-hydrogen) atoms. The molecule has 1 aromatic rings. The zero-order valence-electron chi connectivity index (χ0n) is 12.2. The summed E-state index contributed by atoms with van der Waals surface area (Å²) in [5.74, 6) is 1.66. The number of methoxy groups -OCH3 is 2. The van der Waals surface area contributed by atoms with Gasteiger partial charge in [-0.15, -0.1) is 0 Å². The second kappa shape index (κ2) is 6.49. The van der Waals surface area contributed by atoms with Crippen molar-refractivity contribution in [2.75, 3.05) is 14.2 Å². The third-order valence-electron chi connectivity index (χ3n) is 4.14. The largest absolute Gasteiger partial charge is 0.496 e. The van der Waals surface area contributed by atoms with Crippen LogP contribution in [0.4, 0.5) is 0 Å². The van der Waals surface area contributed by atoms with Gasteiger partial charge in [-0.3, -0.25) is 4.79 Å². The first-order valence-corrected chi connectivity index (χ1v) is 7.39. The van der Waals surface area contributed by atoms with Crippen molar-refractivity contribution in [3.8, 4) is 5.75 Å². The van der Waals surface area contributed by atoms with Gasteiger partial charge in [-0.05, 0) is 54.9 Å². The fraction of sp³-hybridized carbons (Fsp3) is 0.562. The molecule has 0 aliphatic heterocycles. The lowest BCUT2D eigenvalue weighted by Gasteiger charge is -2.18. The Balaban J connectivity index is 2.09. The molecule has 3 unspecified atom stereocenters. The van der Waals surface area contributed by atoms with Crippen LogP contribution in [0.15, 0.2) is 18.2 Å². The van der Waals surface area contributed by atoms with Crippen LogP contribution in [0.2, 0.25) is 5.02 Å². The Morgan fingerprint density at radius 1 is 1.45 bits per heavy atom. The van der Waals surface area contributed by atoms with Crippen molar-refractivity contribution < 1.29 is 14.3 Å². The van der Waals surface area contributed by atoms with Gasteiger partial charge in [-0.2, -0.15) is 0 Å². The summed E-state index contributed by atoms with van der Waals surface area (Å²) < 4.78 is 10.2. The predicted octanol–water partition coefficient (Wildman–Crippen LogP) is 4.04. The van der Waals surface area contributed by atoms with Crippen LogP contribution < -0.4 is 4.74 Å². The van der Waals surface area contributed by atoms with Crippen molar-refractivity contribution >= 4 is 17.6 Å². The first-order chi connectivity index (χ1) is 9.60. The maximum Gasteiger partial charge on any atom is 0.308 e. The highest BCUT2D eigenvalue weighted by molar-refractivity contribution is 6.30. The van der Waals surface area contributed by atoms with Gasteiger partial charge in [0.1, 0.15) is 5.75 Å². The van der Waals surface area contributed by atoms with E-state index in [0.717, 1.165) is 35.6 Å². The molecule has 0 spiro atoms. The molecule has 1 aliphatic carbocycles. The molecular weight excluding hydrogens is 276 g/mol. The van der Waals surface area contributed by atoms with E-state index >= 15 is 0 Å². The van der Waals surface area contributed by atoms with E-state index in [-0.39, 0.29) is 11.9 Å². The van der Waals surface area contributed by atoms with E-state index in [1.165, 1.54) is 7.11 Å². The molecule has 0 amide bonds. The van der Waals surface area contributed by atoms with Gasteiger partial charge in [0, 0.05) is 5.02 Å². The topological polar surface area (TPSA) is 35.5 Å². The average molecular weight is 297 g/mol. The van der Waals surface area contributed by atoms with Crippen LogP contribution in [-0.4, -0.2) is 20.2 Å². The normalized spacial score (nSPS) is 22.2. The summed E-state index contributed by atoms with van der Waals surface area (Å²) in [5, 5.41) is 0.722. The van der Waals surface area contributed by atoms with E-state index in [9.17, 15) is 4.79 Å². The molecule has 110 valence electrons. The number of rotatable bonds is 6. The Morgan fingerprint density at radius 3 is 2.80 bits per heavy atom. The van der Waals surface area contributed by atoms with Crippen molar-refractivity contribution in [1.29, 1.82) is 0 Å². The first-order valence-electron chi connectivity index (χ1n) is 7.01. The minimum atomic E-state index is -0.0806. The van der Waals surface area contributed by atoms with Gasteiger partial charge in [0.2, 0.25) is 0 Å². The third kappa shape index (κ3) is 3.26. The van der Waals surface area contributed by atoms with E-state index in [1.54, 1.807) is 7.11 Å². The molecule has 3 atom stereocenters. The van der Waals surface area contributed by atoms with Gasteiger partial charge in [0.25, 0.3) is 0 Å². The molecule has 2 rings (SSSR count). The summed E-state index contributed by atoms with van der Waals surface area (Å²) in [6, 6.07) is 5.72. The summed E-state index contributed by atoms with van der Waals surface area (Å²) in [6.45, 7) is 2.15. The van der Waals surface area contributed by atoms with Gasteiger partial charge in [-0.25, -0.2) is 0 Å². The van der Waals surface area contributed by atoms with Crippen LogP contribution in [0, 0.1) is 11.8 Å². The molecule has 4 heteroatoms. The molecule has 1 saturated carbocycles. The lowest BCUT2D eigenvalue weighted by atomic mass is 9.90. The van der Waals surface area contributed by atoms with Crippen molar-refractivity contribution in [2.45, 2.75) is 32.1 Å². The first kappa shape index (κ1) is 15.2. The van der Waals surface area contributed by atoms with Crippen LogP contribution >= 0.6 is 11.6 Å². The summed E-state index contributed by atoms with van der Waals surface area (Å²) >= 11 is 6.10. The number of carbonyl (C=O) groups is 1. The van der Waals surface area contributed by atoms with E-state index < -0.39 is 0 Å². The molecule has 1 aliphatic rings. The Morgan fingerprint density at radius 2 is 2.20 bits per heavy atom. The maximum atomic E-state index is 11.5. The summed E-state index contributed by atoms with van der Waals surface area (Å²) in [5.41, 5.74) is 1.14. The highest BCUT2D eigenvalue weighted by Crippen LogP contribution is 2.47. The summed E-state index contributed by atoms with van der Waals surface area (Å²) in [4.78, 5) is 11.5. The second-order valence-electron chi connectivity index (χ2n) is 5.35. The number of hydrogen-bond donors (Lipinski definition) is 0. The zero-order valence-corrected chi connectivity index (χ0v) is 12.9. The summed E-state index contributed by atoms with van der Waals surface area (Å²) in [7, 11) is 3.13.